The van der Waals surface area contributed by atoms with Crippen molar-refractivity contribution >= 4 is 28.8 Å². The number of benzene rings is 3. The topological polar surface area (TPSA) is 90.9 Å². The molecule has 0 fully saturated rings. The van der Waals surface area contributed by atoms with E-state index in [1.165, 1.54) is 22.3 Å². The van der Waals surface area contributed by atoms with E-state index in [9.17, 15) is 5.26 Å². The second-order valence-corrected chi connectivity index (χ2v) is 10.5. The molecule has 9 heteroatoms. The van der Waals surface area contributed by atoms with E-state index in [0.29, 0.717) is 50.7 Å². The van der Waals surface area contributed by atoms with Gasteiger partial charge in [0.05, 0.1) is 50.8 Å². The van der Waals surface area contributed by atoms with Gasteiger partial charge in [-0.25, -0.2) is 10.1 Å². The van der Waals surface area contributed by atoms with Crippen LogP contribution in [0.1, 0.15) is 29.5 Å². The van der Waals surface area contributed by atoms with Crippen LogP contribution in [0.15, 0.2) is 60.3 Å². The van der Waals surface area contributed by atoms with Gasteiger partial charge in [0, 0.05) is 38.4 Å². The lowest BCUT2D eigenvalue weighted by atomic mass is 9.72. The summed E-state index contributed by atoms with van der Waals surface area (Å²) in [6.07, 6.45) is 3.16. The summed E-state index contributed by atoms with van der Waals surface area (Å²) in [5.41, 5.74) is 8.81. The van der Waals surface area contributed by atoms with Gasteiger partial charge in [-0.3, -0.25) is 0 Å². The van der Waals surface area contributed by atoms with Crippen molar-refractivity contribution in [3.05, 3.63) is 88.4 Å². The van der Waals surface area contributed by atoms with E-state index in [-0.39, 0.29) is 11.1 Å². The van der Waals surface area contributed by atoms with Crippen molar-refractivity contribution in [3.63, 3.8) is 0 Å². The number of ether oxygens (including phenoxy) is 4. The summed E-state index contributed by atoms with van der Waals surface area (Å²) in [4.78, 5) is 3.30. The maximum atomic E-state index is 9.27. The fraction of sp³-hybridized carbons (Fsp3) is 0.333. The first-order chi connectivity index (χ1) is 20.7. The molecule has 0 N–H and O–H groups in total. The Morgan fingerprint density at radius 3 is 2.21 bits per heavy atom. The monoisotopic (exact) mass is 580 g/mol. The predicted octanol–water partition coefficient (Wildman–Crippen LogP) is 6.51. The molecule has 0 aliphatic heterocycles. The third-order valence-electron chi connectivity index (χ3n) is 7.76. The third-order valence-corrected chi connectivity index (χ3v) is 8.29. The highest BCUT2D eigenvalue weighted by molar-refractivity contribution is 7.00. The maximum absolute atomic E-state index is 9.27. The van der Waals surface area contributed by atoms with Gasteiger partial charge in [-0.15, -0.1) is 0 Å². The van der Waals surface area contributed by atoms with Crippen LogP contribution in [0.4, 0.5) is 0 Å². The summed E-state index contributed by atoms with van der Waals surface area (Å²) in [5, 5.41) is 9.27. The molecule has 0 atom stereocenters. The van der Waals surface area contributed by atoms with Gasteiger partial charge in [0.25, 0.3) is 5.70 Å². The van der Waals surface area contributed by atoms with E-state index in [4.69, 9.17) is 25.5 Å². The molecule has 1 aromatic heterocycles. The lowest BCUT2D eigenvalue weighted by molar-refractivity contribution is 0.0491. The van der Waals surface area contributed by atoms with Crippen LogP contribution in [0, 0.1) is 17.9 Å². The largest absolute Gasteiger partial charge is 0.382 e. The molecule has 0 saturated carbocycles. The maximum Gasteiger partial charge on any atom is 0.262 e. The van der Waals surface area contributed by atoms with E-state index < -0.39 is 0 Å². The van der Waals surface area contributed by atoms with Crippen molar-refractivity contribution in [2.45, 2.75) is 18.3 Å². The smallest absolute Gasteiger partial charge is 0.262 e. The van der Waals surface area contributed by atoms with E-state index in [1.54, 1.807) is 20.3 Å². The first kappa shape index (κ1) is 29.5. The van der Waals surface area contributed by atoms with Crippen molar-refractivity contribution < 1.29 is 18.9 Å². The molecule has 1 heterocycles. The van der Waals surface area contributed by atoms with Crippen molar-refractivity contribution in [2.24, 2.45) is 0 Å². The van der Waals surface area contributed by atoms with Gasteiger partial charge in [-0.2, -0.15) is 8.75 Å². The van der Waals surface area contributed by atoms with E-state index in [0.717, 1.165) is 41.2 Å². The Morgan fingerprint density at radius 1 is 0.857 bits per heavy atom. The highest BCUT2D eigenvalue weighted by Gasteiger charge is 2.42. The van der Waals surface area contributed by atoms with Crippen LogP contribution >= 0.6 is 11.7 Å². The van der Waals surface area contributed by atoms with Crippen molar-refractivity contribution in [1.82, 2.24) is 8.75 Å². The first-order valence-corrected chi connectivity index (χ1v) is 14.5. The lowest BCUT2D eigenvalue weighted by Crippen LogP contribution is -2.29. The number of rotatable bonds is 14. The van der Waals surface area contributed by atoms with Crippen LogP contribution in [0.25, 0.3) is 44.2 Å². The third kappa shape index (κ3) is 5.84. The molecule has 0 spiro atoms. The zero-order valence-corrected chi connectivity index (χ0v) is 24.6. The Morgan fingerprint density at radius 2 is 1.52 bits per heavy atom. The number of fused-ring (bicyclic) bond motifs is 4. The minimum Gasteiger partial charge on any atom is -0.382 e. The molecule has 214 valence electrons. The molecular formula is C33H32N4O4S. The molecule has 4 aromatic rings. The van der Waals surface area contributed by atoms with Gasteiger partial charge in [-0.1, -0.05) is 48.5 Å². The van der Waals surface area contributed by atoms with Crippen LogP contribution in [0.2, 0.25) is 0 Å². The summed E-state index contributed by atoms with van der Waals surface area (Å²) >= 11 is 1.13. The molecule has 3 aromatic carbocycles. The molecule has 1 aliphatic carbocycles. The second-order valence-electron chi connectivity index (χ2n) is 10.0. The molecule has 42 heavy (non-hydrogen) atoms. The Kier molecular flexibility index (Phi) is 9.70. The van der Waals surface area contributed by atoms with Gasteiger partial charge < -0.3 is 18.9 Å². The minimum atomic E-state index is -0.304. The van der Waals surface area contributed by atoms with Crippen LogP contribution in [0.5, 0.6) is 0 Å². The van der Waals surface area contributed by atoms with Crippen molar-refractivity contribution in [1.29, 1.82) is 5.26 Å². The van der Waals surface area contributed by atoms with Gasteiger partial charge in [0.2, 0.25) is 0 Å². The predicted molar refractivity (Wildman–Crippen MR) is 164 cm³/mol. The first-order valence-electron chi connectivity index (χ1n) is 13.8. The summed E-state index contributed by atoms with van der Waals surface area (Å²) in [7, 11) is 3.36. The number of hydrogen-bond acceptors (Lipinski definition) is 8. The number of hydrogen-bond donors (Lipinski definition) is 0. The SMILES string of the molecule is [C-]#[N+]/C(C#N)=C\c1ccc(-c2ccc3c(c2)C(CCOCCOC)(CCOCCOC)c2ccccc2-3)c2nsnc12. The fourth-order valence-electron chi connectivity index (χ4n) is 5.74. The zero-order valence-electron chi connectivity index (χ0n) is 23.8. The zero-order chi connectivity index (χ0) is 29.4. The van der Waals surface area contributed by atoms with Gasteiger partial charge in [0.15, 0.2) is 0 Å². The second kappa shape index (κ2) is 13.8. The Labute approximate surface area is 250 Å². The molecule has 1 aliphatic rings. The van der Waals surface area contributed by atoms with Crippen LogP contribution in [0.3, 0.4) is 0 Å². The molecule has 0 bridgehead atoms. The molecule has 8 nitrogen and oxygen atoms in total. The highest BCUT2D eigenvalue weighted by atomic mass is 32.1. The van der Waals surface area contributed by atoms with E-state index in [1.807, 2.05) is 18.2 Å². The Hall–Kier alpha value is -3.96. The summed E-state index contributed by atoms with van der Waals surface area (Å²) < 4.78 is 31.5. The number of allylic oxidation sites excluding steroid dienone is 1. The quantitative estimate of drug-likeness (QED) is 0.0953. The normalized spacial score (nSPS) is 13.5. The van der Waals surface area contributed by atoms with Gasteiger partial charge in [0.1, 0.15) is 11.0 Å². The molecule has 0 amide bonds. The summed E-state index contributed by atoms with van der Waals surface area (Å²) in [6, 6.07) is 21.1. The lowest BCUT2D eigenvalue weighted by Gasteiger charge is -2.32. The molecule has 0 unspecified atom stereocenters. The van der Waals surface area contributed by atoms with Crippen LogP contribution < -0.4 is 0 Å². The number of methoxy groups -OCH3 is 2. The highest BCUT2D eigenvalue weighted by Crippen LogP contribution is 2.53. The van der Waals surface area contributed by atoms with Crippen LogP contribution in [-0.4, -0.2) is 62.6 Å². The fourth-order valence-corrected chi connectivity index (χ4v) is 6.32. The molecule has 5 rings (SSSR count). The van der Waals surface area contributed by atoms with Gasteiger partial charge in [-0.05, 0) is 58.4 Å². The average Bonchev–Trinajstić information content (AvgIpc) is 3.62. The van der Waals surface area contributed by atoms with Crippen LogP contribution in [-0.2, 0) is 24.4 Å². The molecular weight excluding hydrogens is 548 g/mol. The number of nitrogens with zero attached hydrogens (tertiary/aromatic N) is 4. The summed E-state index contributed by atoms with van der Waals surface area (Å²) in [5.74, 6) is 0. The Bertz CT molecular complexity index is 1640. The molecule has 0 radical (unpaired) electrons. The minimum absolute atomic E-state index is 0.0116. The average molecular weight is 581 g/mol. The number of nitriles is 1. The summed E-state index contributed by atoms with van der Waals surface area (Å²) in [6.45, 7) is 10.6. The van der Waals surface area contributed by atoms with E-state index in [2.05, 4.69) is 56.1 Å². The van der Waals surface area contributed by atoms with Gasteiger partial charge >= 0.3 is 0 Å². The van der Waals surface area contributed by atoms with Crippen molar-refractivity contribution in [2.75, 3.05) is 53.9 Å². The standard InChI is InChI=1S/C33H32N4O4S/c1-35-25(22-34)20-24-9-10-26(32-31(24)36-42-37-32)23-8-11-28-27-6-4-5-7-29(27)33(30(28)21-23,12-14-40-18-16-38-2)13-15-41-19-17-39-3/h4-11,20-21H,12-19H2,2-3H3/b25-20-. The van der Waals surface area contributed by atoms with E-state index >= 15 is 0 Å². The van der Waals surface area contributed by atoms with Crippen molar-refractivity contribution in [3.8, 4) is 28.3 Å². The number of aromatic nitrogens is 2. The molecule has 0 saturated heterocycles. The Balaban J connectivity index is 1.59.